The monoisotopic (exact) mass is 220 g/mol. The highest BCUT2D eigenvalue weighted by atomic mass is 35.5. The Labute approximate surface area is 85.4 Å². The molecule has 0 spiro atoms. The van der Waals surface area contributed by atoms with Gasteiger partial charge in [0, 0.05) is 5.02 Å². The van der Waals surface area contributed by atoms with Crippen LogP contribution in [0.4, 0.5) is 4.39 Å². The van der Waals surface area contributed by atoms with Crippen LogP contribution in [-0.4, -0.2) is 11.7 Å². The molecule has 0 fully saturated rings. The second-order valence-electron chi connectivity index (χ2n) is 2.37. The van der Waals surface area contributed by atoms with Crippen LogP contribution in [0.1, 0.15) is 5.56 Å². The first-order valence-electron chi connectivity index (χ1n) is 3.57. The molecule has 0 amide bonds. The van der Waals surface area contributed by atoms with Gasteiger partial charge in [-0.2, -0.15) is 0 Å². The first kappa shape index (κ1) is 10.5. The van der Waals surface area contributed by atoms with Crippen LogP contribution in [0, 0.1) is 5.82 Å². The molecule has 0 saturated heterocycles. The van der Waals surface area contributed by atoms with E-state index in [-0.39, 0.29) is 11.6 Å². The number of halogens is 3. The third kappa shape index (κ3) is 2.69. The van der Waals surface area contributed by atoms with Gasteiger partial charge in [-0.3, -0.25) is 0 Å². The molecule has 0 aromatic heterocycles. The van der Waals surface area contributed by atoms with Crippen molar-refractivity contribution in [1.29, 1.82) is 0 Å². The zero-order chi connectivity index (χ0) is 9.84. The number of hydrogen-bond acceptors (Lipinski definition) is 1. The molecule has 1 aromatic rings. The van der Waals surface area contributed by atoms with Crippen molar-refractivity contribution in [1.82, 2.24) is 0 Å². The molecule has 0 saturated carbocycles. The number of hydrogen-bond donors (Lipinski definition) is 1. The third-order valence-corrected chi connectivity index (χ3v) is 2.06. The van der Waals surface area contributed by atoms with Gasteiger partial charge in [0.15, 0.2) is 0 Å². The summed E-state index contributed by atoms with van der Waals surface area (Å²) < 4.78 is 12.9. The van der Waals surface area contributed by atoms with E-state index in [1.54, 1.807) is 0 Å². The Hall–Kier alpha value is -0.570. The van der Waals surface area contributed by atoms with Crippen LogP contribution in [0.25, 0.3) is 6.08 Å². The molecule has 1 N–H and O–H groups in total. The second kappa shape index (κ2) is 4.61. The lowest BCUT2D eigenvalue weighted by Crippen LogP contribution is -1.82. The largest absolute Gasteiger partial charge is 0.392 e. The predicted molar refractivity (Wildman–Crippen MR) is 52.5 cm³/mol. The van der Waals surface area contributed by atoms with Gasteiger partial charge < -0.3 is 5.11 Å². The SMILES string of the molecule is OCC=Cc1cc(F)c(Cl)cc1Cl. The van der Waals surface area contributed by atoms with Crippen molar-refractivity contribution in [2.24, 2.45) is 0 Å². The lowest BCUT2D eigenvalue weighted by molar-refractivity contribution is 0.343. The average molecular weight is 221 g/mol. The standard InChI is InChI=1S/C9H7Cl2FO/c10-7-5-8(11)9(12)4-6(7)2-1-3-13/h1-2,4-5,13H,3H2. The van der Waals surface area contributed by atoms with Gasteiger partial charge in [0.05, 0.1) is 11.6 Å². The molecule has 0 atom stereocenters. The Kier molecular flexibility index (Phi) is 3.72. The van der Waals surface area contributed by atoms with Crippen molar-refractivity contribution >= 4 is 29.3 Å². The Morgan fingerprint density at radius 1 is 1.31 bits per heavy atom. The maximum atomic E-state index is 12.9. The Balaban J connectivity index is 3.08. The molecule has 0 radical (unpaired) electrons. The zero-order valence-electron chi connectivity index (χ0n) is 6.60. The van der Waals surface area contributed by atoms with Crippen LogP contribution in [0.5, 0.6) is 0 Å². The topological polar surface area (TPSA) is 20.2 Å². The van der Waals surface area contributed by atoms with Crippen molar-refractivity contribution in [2.75, 3.05) is 6.61 Å². The fourth-order valence-electron chi connectivity index (χ4n) is 0.845. The molecule has 0 aliphatic carbocycles. The number of aliphatic hydroxyl groups excluding tert-OH is 1. The van der Waals surface area contributed by atoms with Crippen molar-refractivity contribution in [3.63, 3.8) is 0 Å². The normalized spacial score (nSPS) is 11.1. The van der Waals surface area contributed by atoms with E-state index in [0.717, 1.165) is 0 Å². The fraction of sp³-hybridized carbons (Fsp3) is 0.111. The third-order valence-electron chi connectivity index (χ3n) is 1.44. The van der Waals surface area contributed by atoms with E-state index in [1.807, 2.05) is 0 Å². The lowest BCUT2D eigenvalue weighted by atomic mass is 10.2. The Morgan fingerprint density at radius 2 is 2.00 bits per heavy atom. The summed E-state index contributed by atoms with van der Waals surface area (Å²) in [6, 6.07) is 2.55. The molecule has 1 nitrogen and oxygen atoms in total. The van der Waals surface area contributed by atoms with E-state index in [1.165, 1.54) is 24.3 Å². The molecule has 0 bridgehead atoms. The molecular weight excluding hydrogens is 214 g/mol. The van der Waals surface area contributed by atoms with Crippen LogP contribution < -0.4 is 0 Å². The highest BCUT2D eigenvalue weighted by Gasteiger charge is 2.03. The molecule has 70 valence electrons. The van der Waals surface area contributed by atoms with Crippen molar-refractivity contribution in [3.8, 4) is 0 Å². The van der Waals surface area contributed by atoms with Crippen LogP contribution in [-0.2, 0) is 0 Å². The zero-order valence-corrected chi connectivity index (χ0v) is 8.11. The van der Waals surface area contributed by atoms with E-state index >= 15 is 0 Å². The van der Waals surface area contributed by atoms with E-state index in [0.29, 0.717) is 10.6 Å². The molecule has 1 rings (SSSR count). The molecule has 0 heterocycles. The maximum absolute atomic E-state index is 12.9. The average Bonchev–Trinajstić information content (AvgIpc) is 2.09. The van der Waals surface area contributed by atoms with Gasteiger partial charge in [-0.15, -0.1) is 0 Å². The summed E-state index contributed by atoms with van der Waals surface area (Å²) in [6.07, 6.45) is 3.00. The van der Waals surface area contributed by atoms with Gasteiger partial charge in [0.25, 0.3) is 0 Å². The summed E-state index contributed by atoms with van der Waals surface area (Å²) in [5.41, 5.74) is 0.498. The number of rotatable bonds is 2. The summed E-state index contributed by atoms with van der Waals surface area (Å²) in [4.78, 5) is 0. The summed E-state index contributed by atoms with van der Waals surface area (Å²) in [5.74, 6) is -0.524. The first-order valence-corrected chi connectivity index (χ1v) is 4.32. The van der Waals surface area contributed by atoms with E-state index in [9.17, 15) is 4.39 Å². The quantitative estimate of drug-likeness (QED) is 0.760. The minimum Gasteiger partial charge on any atom is -0.392 e. The number of benzene rings is 1. The molecule has 0 aliphatic heterocycles. The van der Waals surface area contributed by atoms with Crippen molar-refractivity contribution < 1.29 is 9.50 Å². The van der Waals surface area contributed by atoms with E-state index in [2.05, 4.69) is 0 Å². The Morgan fingerprint density at radius 3 is 2.62 bits per heavy atom. The lowest BCUT2D eigenvalue weighted by Gasteiger charge is -2.00. The highest BCUT2D eigenvalue weighted by Crippen LogP contribution is 2.25. The predicted octanol–water partition coefficient (Wildman–Crippen LogP) is 3.14. The van der Waals surface area contributed by atoms with Gasteiger partial charge >= 0.3 is 0 Å². The van der Waals surface area contributed by atoms with E-state index < -0.39 is 5.82 Å². The minimum atomic E-state index is -0.524. The van der Waals surface area contributed by atoms with Gasteiger partial charge in [-0.1, -0.05) is 35.4 Å². The van der Waals surface area contributed by atoms with Gasteiger partial charge in [-0.25, -0.2) is 4.39 Å². The Bertz CT molecular complexity index is 337. The molecule has 0 unspecified atom stereocenters. The molecule has 1 aromatic carbocycles. The van der Waals surface area contributed by atoms with Crippen LogP contribution in [0.2, 0.25) is 10.0 Å². The smallest absolute Gasteiger partial charge is 0.142 e. The highest BCUT2D eigenvalue weighted by molar-refractivity contribution is 6.35. The molecule has 4 heteroatoms. The van der Waals surface area contributed by atoms with Crippen LogP contribution in [0.3, 0.4) is 0 Å². The molecule has 0 aliphatic rings. The minimum absolute atomic E-state index is 0.00820. The second-order valence-corrected chi connectivity index (χ2v) is 3.19. The number of aliphatic hydroxyl groups is 1. The van der Waals surface area contributed by atoms with Crippen molar-refractivity contribution in [3.05, 3.63) is 39.6 Å². The summed E-state index contributed by atoms with van der Waals surface area (Å²) in [7, 11) is 0. The first-order chi connectivity index (χ1) is 6.15. The summed E-state index contributed by atoms with van der Waals surface area (Å²) in [6.45, 7) is -0.111. The van der Waals surface area contributed by atoms with Gasteiger partial charge in [0.1, 0.15) is 5.82 Å². The molecular formula is C9H7Cl2FO. The summed E-state index contributed by atoms with van der Waals surface area (Å²) >= 11 is 11.2. The van der Waals surface area contributed by atoms with Gasteiger partial charge in [-0.05, 0) is 17.7 Å². The maximum Gasteiger partial charge on any atom is 0.142 e. The summed E-state index contributed by atoms with van der Waals surface area (Å²) in [5, 5.41) is 8.84. The van der Waals surface area contributed by atoms with Gasteiger partial charge in [0.2, 0.25) is 0 Å². The van der Waals surface area contributed by atoms with Crippen molar-refractivity contribution in [2.45, 2.75) is 0 Å². The van der Waals surface area contributed by atoms with E-state index in [4.69, 9.17) is 28.3 Å². The van der Waals surface area contributed by atoms with Crippen LogP contribution in [0.15, 0.2) is 18.2 Å². The van der Waals surface area contributed by atoms with Crippen LogP contribution >= 0.6 is 23.2 Å². The fourth-order valence-corrected chi connectivity index (χ4v) is 1.29. The molecule has 13 heavy (non-hydrogen) atoms.